The molecule has 0 amide bonds. The highest BCUT2D eigenvalue weighted by atomic mass is 14.3. The van der Waals surface area contributed by atoms with Crippen molar-refractivity contribution in [1.29, 1.82) is 0 Å². The second-order valence-corrected chi connectivity index (χ2v) is 6.61. The average molecular weight is 255 g/mol. The lowest BCUT2D eigenvalue weighted by Crippen LogP contribution is -2.25. The molecule has 0 bridgehead atoms. The highest BCUT2D eigenvalue weighted by Gasteiger charge is 2.29. The van der Waals surface area contributed by atoms with Gasteiger partial charge in [0, 0.05) is 2.85 Å². The molecular formula is C18H38. The topological polar surface area (TPSA) is 0 Å². The Bertz CT molecular complexity index is 234. The average Bonchev–Trinajstić information content (AvgIpc) is 2.38. The molecule has 0 saturated heterocycles. The molecule has 0 nitrogen and oxygen atoms in total. The Hall–Kier alpha value is -0.260. The van der Waals surface area contributed by atoms with Crippen molar-refractivity contribution in [1.82, 2.24) is 0 Å². The Morgan fingerprint density at radius 3 is 1.89 bits per heavy atom. The predicted molar refractivity (Wildman–Crippen MR) is 87.0 cm³/mol. The summed E-state index contributed by atoms with van der Waals surface area (Å²) < 4.78 is 0. The molecular weight excluding hydrogens is 216 g/mol. The highest BCUT2D eigenvalue weighted by Crippen LogP contribution is 2.41. The van der Waals surface area contributed by atoms with Crippen LogP contribution in [-0.4, -0.2) is 0 Å². The van der Waals surface area contributed by atoms with Crippen LogP contribution in [0.5, 0.6) is 0 Å². The molecule has 0 radical (unpaired) electrons. The summed E-state index contributed by atoms with van der Waals surface area (Å²) in [6, 6.07) is 0. The van der Waals surface area contributed by atoms with Gasteiger partial charge in [-0.15, -0.1) is 0 Å². The van der Waals surface area contributed by atoms with E-state index in [1.807, 2.05) is 0 Å². The van der Waals surface area contributed by atoms with Crippen LogP contribution in [0, 0.1) is 23.7 Å². The molecule has 0 aliphatic heterocycles. The van der Waals surface area contributed by atoms with E-state index in [1.54, 1.807) is 0 Å². The standard InChI is InChI=1S/C17H30.CH4.2H2/c1-3-4-5-15-8-12-17(13-9-15)16-10-6-14(2)7-11-16;;;/h3-4,14-17H,5-13H2,1-2H3;1H4;2*1H. The predicted octanol–water partition coefficient (Wildman–Crippen LogP) is 6.71. The van der Waals surface area contributed by atoms with Crippen LogP contribution >= 0.6 is 0 Å². The van der Waals surface area contributed by atoms with E-state index >= 15 is 0 Å². The zero-order valence-electron chi connectivity index (χ0n) is 11.8. The molecule has 2 aliphatic rings. The molecule has 18 heavy (non-hydrogen) atoms. The van der Waals surface area contributed by atoms with Gasteiger partial charge in [0.1, 0.15) is 0 Å². The molecule has 2 fully saturated rings. The normalized spacial score (nSPS) is 37.4. The van der Waals surface area contributed by atoms with Crippen LogP contribution in [0.1, 0.15) is 81.9 Å². The number of rotatable bonds is 3. The minimum Gasteiger partial charge on any atom is -0.0917 e. The molecule has 0 N–H and O–H groups in total. The van der Waals surface area contributed by atoms with Gasteiger partial charge in [0.05, 0.1) is 0 Å². The quantitative estimate of drug-likeness (QED) is 0.491. The van der Waals surface area contributed by atoms with Gasteiger partial charge in [-0.3, -0.25) is 0 Å². The first kappa shape index (κ1) is 15.8. The van der Waals surface area contributed by atoms with Gasteiger partial charge < -0.3 is 0 Å². The summed E-state index contributed by atoms with van der Waals surface area (Å²) in [6.45, 7) is 4.58. The van der Waals surface area contributed by atoms with Crippen LogP contribution in [0.25, 0.3) is 0 Å². The van der Waals surface area contributed by atoms with E-state index in [-0.39, 0.29) is 10.3 Å². The van der Waals surface area contributed by atoms with Gasteiger partial charge >= 0.3 is 0 Å². The van der Waals surface area contributed by atoms with E-state index in [2.05, 4.69) is 26.0 Å². The van der Waals surface area contributed by atoms with Crippen LogP contribution in [-0.2, 0) is 0 Å². The zero-order chi connectivity index (χ0) is 12.1. The maximum atomic E-state index is 2.43. The first-order valence-electron chi connectivity index (χ1n) is 7.90. The summed E-state index contributed by atoms with van der Waals surface area (Å²) >= 11 is 0. The molecule has 0 heterocycles. The van der Waals surface area contributed by atoms with Gasteiger partial charge in [0.15, 0.2) is 0 Å². The van der Waals surface area contributed by atoms with Crippen molar-refractivity contribution in [3.8, 4) is 0 Å². The summed E-state index contributed by atoms with van der Waals surface area (Å²) in [5, 5.41) is 0. The van der Waals surface area contributed by atoms with E-state index < -0.39 is 0 Å². The first-order chi connectivity index (χ1) is 8.29. The summed E-state index contributed by atoms with van der Waals surface area (Å²) in [7, 11) is 0. The number of hydrogen-bond acceptors (Lipinski definition) is 0. The second-order valence-electron chi connectivity index (χ2n) is 6.61. The molecule has 0 spiro atoms. The van der Waals surface area contributed by atoms with Gasteiger partial charge in [0.2, 0.25) is 0 Å². The van der Waals surface area contributed by atoms with Crippen LogP contribution in [0.3, 0.4) is 0 Å². The van der Waals surface area contributed by atoms with E-state index in [4.69, 9.17) is 0 Å². The molecule has 0 heteroatoms. The van der Waals surface area contributed by atoms with E-state index in [9.17, 15) is 0 Å². The van der Waals surface area contributed by atoms with E-state index in [0.717, 1.165) is 23.7 Å². The summed E-state index contributed by atoms with van der Waals surface area (Å²) in [5.74, 6) is 4.19. The molecule has 2 aliphatic carbocycles. The lowest BCUT2D eigenvalue weighted by molar-refractivity contribution is 0.151. The van der Waals surface area contributed by atoms with E-state index in [1.165, 1.54) is 57.8 Å². The third-order valence-electron chi connectivity index (χ3n) is 5.32. The lowest BCUT2D eigenvalue weighted by Gasteiger charge is -2.37. The van der Waals surface area contributed by atoms with Gasteiger partial charge in [-0.25, -0.2) is 0 Å². The Kier molecular flexibility index (Phi) is 7.04. The summed E-state index contributed by atoms with van der Waals surface area (Å²) in [6.07, 6.45) is 18.1. The fraction of sp³-hybridized carbons (Fsp3) is 0.889. The smallest absolute Gasteiger partial charge is 0 e. The molecule has 0 aromatic carbocycles. The molecule has 0 atom stereocenters. The molecule has 110 valence electrons. The maximum Gasteiger partial charge on any atom is 0 e. The van der Waals surface area contributed by atoms with Gasteiger partial charge in [-0.2, -0.15) is 0 Å². The molecule has 2 rings (SSSR count). The number of hydrogen-bond donors (Lipinski definition) is 0. The highest BCUT2D eigenvalue weighted by molar-refractivity contribution is 4.85. The van der Waals surface area contributed by atoms with Crippen molar-refractivity contribution in [2.24, 2.45) is 23.7 Å². The SMILES string of the molecule is C.CC=CCC1CCC(C2CCC(C)CC2)CC1.[HH].[HH]. The molecule has 0 unspecified atom stereocenters. The van der Waals surface area contributed by atoms with E-state index in [0.29, 0.717) is 0 Å². The van der Waals surface area contributed by atoms with Gasteiger partial charge in [0.25, 0.3) is 0 Å². The van der Waals surface area contributed by atoms with Crippen molar-refractivity contribution < 1.29 is 2.85 Å². The fourth-order valence-corrected chi connectivity index (χ4v) is 3.98. The molecule has 2 saturated carbocycles. The summed E-state index contributed by atoms with van der Waals surface area (Å²) in [5.41, 5.74) is 0. The molecule has 0 aromatic rings. The van der Waals surface area contributed by atoms with Crippen LogP contribution < -0.4 is 0 Å². The summed E-state index contributed by atoms with van der Waals surface area (Å²) in [4.78, 5) is 0. The zero-order valence-corrected chi connectivity index (χ0v) is 11.8. The number of allylic oxidation sites excluding steroid dienone is 2. The fourth-order valence-electron chi connectivity index (χ4n) is 3.98. The van der Waals surface area contributed by atoms with Crippen molar-refractivity contribution in [2.45, 2.75) is 79.1 Å². The van der Waals surface area contributed by atoms with Crippen molar-refractivity contribution in [2.75, 3.05) is 0 Å². The maximum absolute atomic E-state index is 2.43. The monoisotopic (exact) mass is 254 g/mol. The third-order valence-corrected chi connectivity index (χ3v) is 5.32. The van der Waals surface area contributed by atoms with Gasteiger partial charge in [-0.1, -0.05) is 39.3 Å². The van der Waals surface area contributed by atoms with Crippen molar-refractivity contribution in [3.05, 3.63) is 12.2 Å². The Morgan fingerprint density at radius 2 is 1.39 bits per heavy atom. The minimum atomic E-state index is 0. The third kappa shape index (κ3) is 4.44. The lowest BCUT2D eigenvalue weighted by atomic mass is 9.69. The van der Waals surface area contributed by atoms with Crippen LogP contribution in [0.15, 0.2) is 12.2 Å². The Balaban J connectivity index is 0. The Labute approximate surface area is 118 Å². The second kappa shape index (κ2) is 8.02. The van der Waals surface area contributed by atoms with Crippen molar-refractivity contribution in [3.63, 3.8) is 0 Å². The minimum absolute atomic E-state index is 0. The first-order valence-corrected chi connectivity index (χ1v) is 7.90. The van der Waals surface area contributed by atoms with Crippen molar-refractivity contribution >= 4 is 0 Å². The molecule has 0 aromatic heterocycles. The Morgan fingerprint density at radius 1 is 0.889 bits per heavy atom. The largest absolute Gasteiger partial charge is 0.0917 e. The van der Waals surface area contributed by atoms with Crippen LogP contribution in [0.4, 0.5) is 0 Å². The van der Waals surface area contributed by atoms with Gasteiger partial charge in [-0.05, 0) is 75.5 Å². The van der Waals surface area contributed by atoms with Crippen LogP contribution in [0.2, 0.25) is 0 Å².